The second-order valence-corrected chi connectivity index (χ2v) is 31.9. The predicted molar refractivity (Wildman–Crippen MR) is 162 cm³/mol. The standard InChI is InChI=1S/C13H9.C12H10Si.C9H7.2CH3.Ti/c1-3-7-12-10(5-1)9-11-6-2-4-8-13(11)12;1-3-7-11(8-4-1)13-12-9-5-2-6-10-12;1-2-5-9-7-3-6-8(9)4-1;;;/h1-5,7-8H,9H2;1-10H;1-7H;2*1H3;. The number of hydrogen-bond donors (Lipinski definition) is 0. The van der Waals surface area contributed by atoms with E-state index < -0.39 is 20.2 Å². The van der Waals surface area contributed by atoms with Gasteiger partial charge in [-0.2, -0.15) is 0 Å². The molecule has 2 aliphatic carbocycles. The molecular weight excluding hydrogens is 508 g/mol. The molecule has 1 unspecified atom stereocenters. The van der Waals surface area contributed by atoms with Crippen molar-refractivity contribution in [2.75, 3.05) is 0 Å². The van der Waals surface area contributed by atoms with Crippen LogP contribution in [0.3, 0.4) is 0 Å². The van der Waals surface area contributed by atoms with Crippen LogP contribution in [-0.2, 0) is 20.5 Å². The van der Waals surface area contributed by atoms with Crippen LogP contribution in [0.1, 0.15) is 26.5 Å². The molecule has 0 bridgehead atoms. The van der Waals surface area contributed by atoms with Gasteiger partial charge in [0.25, 0.3) is 0 Å². The summed E-state index contributed by atoms with van der Waals surface area (Å²) in [5.41, 5.74) is 8.86. The van der Waals surface area contributed by atoms with Gasteiger partial charge in [-0.05, 0) is 0 Å². The zero-order chi connectivity index (χ0) is 25.8. The third-order valence-corrected chi connectivity index (χ3v) is 32.0. The van der Waals surface area contributed by atoms with Gasteiger partial charge in [0.2, 0.25) is 0 Å². The Hall–Kier alpha value is -3.23. The molecule has 0 radical (unpaired) electrons. The average Bonchev–Trinajstić information content (AvgIpc) is 3.57. The molecule has 0 aliphatic heterocycles. The zero-order valence-electron chi connectivity index (χ0n) is 22.1. The molecule has 5 aromatic rings. The summed E-state index contributed by atoms with van der Waals surface area (Å²) in [5.74, 6) is 0. The van der Waals surface area contributed by atoms with Gasteiger partial charge >= 0.3 is 228 Å². The van der Waals surface area contributed by atoms with Crippen LogP contribution in [0.2, 0.25) is 10.5 Å². The Bertz CT molecular complexity index is 1750. The zero-order valence-corrected chi connectivity index (χ0v) is 24.6. The number of fused-ring (bicyclic) bond motifs is 4. The van der Waals surface area contributed by atoms with Gasteiger partial charge in [0.15, 0.2) is 0 Å². The minimum atomic E-state index is -3.76. The van der Waals surface area contributed by atoms with Crippen molar-refractivity contribution in [1.29, 1.82) is 0 Å². The molecule has 0 heterocycles. The Balaban J connectivity index is 1.67. The average molecular weight is 541 g/mol. The molecule has 0 fully saturated rings. The van der Waals surface area contributed by atoms with E-state index in [4.69, 9.17) is 0 Å². The Kier molecular flexibility index (Phi) is 5.60. The normalized spacial score (nSPS) is 15.6. The van der Waals surface area contributed by atoms with E-state index >= 15 is 0 Å². The molecule has 5 aromatic carbocycles. The van der Waals surface area contributed by atoms with Crippen LogP contribution in [0.25, 0.3) is 17.2 Å². The van der Waals surface area contributed by atoms with Gasteiger partial charge in [0.05, 0.1) is 0 Å². The van der Waals surface area contributed by atoms with Crippen molar-refractivity contribution in [1.82, 2.24) is 0 Å². The minimum absolute atomic E-state index is 0.438. The van der Waals surface area contributed by atoms with E-state index in [-0.39, 0.29) is 0 Å². The van der Waals surface area contributed by atoms with Crippen molar-refractivity contribution in [3.63, 3.8) is 0 Å². The summed E-state index contributed by atoms with van der Waals surface area (Å²) in [4.78, 5) is 0. The van der Waals surface area contributed by atoms with Gasteiger partial charge in [-0.3, -0.25) is 0 Å². The van der Waals surface area contributed by atoms with E-state index in [1.807, 2.05) is 0 Å². The predicted octanol–water partition coefficient (Wildman–Crippen LogP) is 7.24. The van der Waals surface area contributed by atoms with E-state index in [9.17, 15) is 0 Å². The van der Waals surface area contributed by atoms with Crippen molar-refractivity contribution in [3.05, 3.63) is 156 Å². The Labute approximate surface area is 227 Å². The van der Waals surface area contributed by atoms with Crippen LogP contribution >= 0.6 is 0 Å². The molecule has 38 heavy (non-hydrogen) atoms. The van der Waals surface area contributed by atoms with Crippen LogP contribution in [-0.4, -0.2) is 6.19 Å². The SMILES string of the molecule is [CH3][Ti]([CH3])([c]1cccc2c1Cc1ccccc1-2)([CH]1C=Cc2ccccc21)=[Si](c1ccccc1)c1ccccc1. The molecule has 0 aromatic heterocycles. The number of hydrogen-bond acceptors (Lipinski definition) is 0. The van der Waals surface area contributed by atoms with Crippen molar-refractivity contribution in [3.8, 4) is 11.1 Å². The van der Waals surface area contributed by atoms with Gasteiger partial charge < -0.3 is 0 Å². The molecule has 0 amide bonds. The quantitative estimate of drug-likeness (QED) is 0.207. The molecule has 7 rings (SSSR count). The Morgan fingerprint density at radius 2 is 1.21 bits per heavy atom. The van der Waals surface area contributed by atoms with E-state index in [1.165, 1.54) is 38.2 Å². The Morgan fingerprint density at radius 3 is 1.95 bits per heavy atom. The van der Waals surface area contributed by atoms with Crippen LogP contribution in [0, 0.1) is 0 Å². The fraction of sp³-hybridized carbons (Fsp3) is 0.111. The van der Waals surface area contributed by atoms with Gasteiger partial charge in [0, 0.05) is 0 Å². The van der Waals surface area contributed by atoms with E-state index in [0.717, 1.165) is 6.42 Å². The summed E-state index contributed by atoms with van der Waals surface area (Å²) in [5, 5.41) is 8.63. The molecule has 2 aliphatic rings. The molecule has 0 nitrogen and oxygen atoms in total. The summed E-state index contributed by atoms with van der Waals surface area (Å²) in [6.45, 7) is 0. The monoisotopic (exact) mass is 540 g/mol. The topological polar surface area (TPSA) is 0 Å². The van der Waals surface area contributed by atoms with Crippen molar-refractivity contribution >= 4 is 26.5 Å². The van der Waals surface area contributed by atoms with Crippen molar-refractivity contribution < 1.29 is 14.0 Å². The third-order valence-electron chi connectivity index (χ3n) is 9.31. The van der Waals surface area contributed by atoms with Crippen LogP contribution < -0.4 is 14.2 Å². The maximum atomic E-state index is 2.78. The van der Waals surface area contributed by atoms with E-state index in [0.29, 0.717) is 4.22 Å². The van der Waals surface area contributed by atoms with Crippen molar-refractivity contribution in [2.45, 2.75) is 21.1 Å². The third kappa shape index (κ3) is 3.46. The fourth-order valence-electron chi connectivity index (χ4n) is 7.61. The first kappa shape index (κ1) is 23.9. The fourth-order valence-corrected chi connectivity index (χ4v) is 32.1. The first-order valence-corrected chi connectivity index (χ1v) is 22.4. The molecule has 0 spiro atoms. The second kappa shape index (κ2) is 8.92. The summed E-state index contributed by atoms with van der Waals surface area (Å²) >= 11 is -3.76. The van der Waals surface area contributed by atoms with Gasteiger partial charge in [-0.25, -0.2) is 0 Å². The molecule has 0 N–H and O–H groups in total. The maximum absolute atomic E-state index is 3.76. The van der Waals surface area contributed by atoms with Crippen LogP contribution in [0.15, 0.2) is 133 Å². The van der Waals surface area contributed by atoms with Gasteiger partial charge in [-0.1, -0.05) is 0 Å². The Morgan fingerprint density at radius 1 is 0.605 bits per heavy atom. The molecule has 0 saturated heterocycles. The molecule has 0 saturated carbocycles. The van der Waals surface area contributed by atoms with Gasteiger partial charge in [0.1, 0.15) is 0 Å². The summed E-state index contributed by atoms with van der Waals surface area (Å²) in [6, 6.07) is 48.5. The molecular formula is C36H32SiTi. The summed E-state index contributed by atoms with van der Waals surface area (Å²) in [7, 11) is 0. The summed E-state index contributed by atoms with van der Waals surface area (Å²) < 4.78 is 2.12. The molecule has 184 valence electrons. The van der Waals surface area contributed by atoms with Crippen molar-refractivity contribution in [2.24, 2.45) is 0 Å². The van der Waals surface area contributed by atoms with Crippen LogP contribution in [0.4, 0.5) is 0 Å². The number of allylic oxidation sites excluding steroid dienone is 1. The number of benzene rings is 5. The first-order chi connectivity index (χ1) is 18.6. The van der Waals surface area contributed by atoms with Crippen LogP contribution in [0.5, 0.6) is 0 Å². The molecule has 1 atom stereocenters. The van der Waals surface area contributed by atoms with E-state index in [1.54, 1.807) is 9.43 Å². The van der Waals surface area contributed by atoms with E-state index in [2.05, 4.69) is 150 Å². The number of rotatable bonds is 4. The van der Waals surface area contributed by atoms with Gasteiger partial charge in [-0.15, -0.1) is 0 Å². The second-order valence-electron chi connectivity index (χ2n) is 11.7. The summed E-state index contributed by atoms with van der Waals surface area (Å²) in [6.07, 6.45) is 4.85. The first-order valence-electron chi connectivity index (χ1n) is 13.7. The molecule has 2 heteroatoms.